The lowest BCUT2D eigenvalue weighted by atomic mass is 9.91. The monoisotopic (exact) mass is 360 g/mol. The fraction of sp³-hybridized carbons (Fsp3) is 0.350. The van der Waals surface area contributed by atoms with E-state index in [0.29, 0.717) is 12.2 Å². The minimum absolute atomic E-state index is 0.0677. The van der Waals surface area contributed by atoms with Crippen molar-refractivity contribution in [1.29, 1.82) is 0 Å². The molecule has 140 valence electrons. The first-order chi connectivity index (χ1) is 12.5. The summed E-state index contributed by atoms with van der Waals surface area (Å²) in [7, 11) is 3.08. The smallest absolute Gasteiger partial charge is 0.189 e. The van der Waals surface area contributed by atoms with Crippen LogP contribution in [0.3, 0.4) is 0 Å². The van der Waals surface area contributed by atoms with E-state index in [2.05, 4.69) is 0 Å². The van der Waals surface area contributed by atoms with E-state index in [9.17, 15) is 9.90 Å². The zero-order valence-corrected chi connectivity index (χ0v) is 15.2. The summed E-state index contributed by atoms with van der Waals surface area (Å²) >= 11 is 0. The van der Waals surface area contributed by atoms with Crippen molar-refractivity contribution in [3.05, 3.63) is 59.7 Å². The maximum atomic E-state index is 12.4. The zero-order chi connectivity index (χ0) is 19.0. The van der Waals surface area contributed by atoms with Gasteiger partial charge in [0, 0.05) is 26.7 Å². The Kier molecular flexibility index (Phi) is 7.15. The Hall–Kier alpha value is -2.41. The van der Waals surface area contributed by atoms with Gasteiger partial charge in [0.1, 0.15) is 18.3 Å². The molecular formula is C20H24O6. The number of rotatable bonds is 9. The van der Waals surface area contributed by atoms with Crippen molar-refractivity contribution in [2.75, 3.05) is 27.8 Å². The van der Waals surface area contributed by atoms with Gasteiger partial charge in [-0.3, -0.25) is 4.79 Å². The topological polar surface area (TPSA) is 74.2 Å². The molecule has 0 saturated heterocycles. The highest BCUT2D eigenvalue weighted by Crippen LogP contribution is 2.28. The molecule has 1 aliphatic carbocycles. The number of ether oxygens (including phenoxy) is 4. The van der Waals surface area contributed by atoms with E-state index in [4.69, 9.17) is 18.9 Å². The Labute approximate surface area is 153 Å². The standard InChI is InChI=1S/C20H24O6/c1-20(26-14-24-3)10-4-5-15(12-20)6-9-18(21)17-8-7-16(11-19(17)22)25-13-23-2/h4-11,22H,12-14H2,1-3H3/b9-6+. The first-order valence-corrected chi connectivity index (χ1v) is 8.16. The second kappa shape index (κ2) is 9.33. The van der Waals surface area contributed by atoms with E-state index < -0.39 is 5.60 Å². The van der Waals surface area contributed by atoms with Gasteiger partial charge >= 0.3 is 0 Å². The van der Waals surface area contributed by atoms with E-state index >= 15 is 0 Å². The van der Waals surface area contributed by atoms with Crippen molar-refractivity contribution < 1.29 is 28.8 Å². The minimum Gasteiger partial charge on any atom is -0.507 e. The number of carbonyl (C=O) groups is 1. The van der Waals surface area contributed by atoms with E-state index in [1.807, 2.05) is 25.2 Å². The van der Waals surface area contributed by atoms with Gasteiger partial charge in [-0.15, -0.1) is 0 Å². The van der Waals surface area contributed by atoms with Crippen LogP contribution in [0.4, 0.5) is 0 Å². The van der Waals surface area contributed by atoms with Gasteiger partial charge in [-0.05, 0) is 30.7 Å². The van der Waals surface area contributed by atoms with Gasteiger partial charge in [0.15, 0.2) is 12.6 Å². The molecule has 1 aromatic rings. The molecule has 1 unspecified atom stereocenters. The molecule has 0 bridgehead atoms. The van der Waals surface area contributed by atoms with Crippen LogP contribution in [-0.4, -0.2) is 44.3 Å². The predicted molar refractivity (Wildman–Crippen MR) is 97.3 cm³/mol. The van der Waals surface area contributed by atoms with Crippen LogP contribution in [0.25, 0.3) is 0 Å². The van der Waals surface area contributed by atoms with Crippen molar-refractivity contribution in [1.82, 2.24) is 0 Å². The molecule has 0 aromatic heterocycles. The molecule has 0 amide bonds. The Balaban J connectivity index is 2.03. The van der Waals surface area contributed by atoms with Crippen molar-refractivity contribution in [3.63, 3.8) is 0 Å². The summed E-state index contributed by atoms with van der Waals surface area (Å²) in [6.07, 6.45) is 9.55. The van der Waals surface area contributed by atoms with Crippen LogP contribution in [0.15, 0.2) is 54.2 Å². The molecule has 0 fully saturated rings. The summed E-state index contributed by atoms with van der Waals surface area (Å²) in [5.41, 5.74) is 0.672. The summed E-state index contributed by atoms with van der Waals surface area (Å²) in [6, 6.07) is 4.52. The molecule has 1 aromatic carbocycles. The van der Waals surface area contributed by atoms with Crippen LogP contribution in [0.5, 0.6) is 11.5 Å². The molecule has 0 heterocycles. The zero-order valence-electron chi connectivity index (χ0n) is 15.2. The fourth-order valence-corrected chi connectivity index (χ4v) is 2.51. The van der Waals surface area contributed by atoms with Gasteiger partial charge in [-0.25, -0.2) is 0 Å². The fourth-order valence-electron chi connectivity index (χ4n) is 2.51. The largest absolute Gasteiger partial charge is 0.507 e. The molecule has 1 aliphatic rings. The molecule has 6 heteroatoms. The van der Waals surface area contributed by atoms with Crippen molar-refractivity contribution >= 4 is 5.78 Å². The van der Waals surface area contributed by atoms with E-state index in [1.54, 1.807) is 19.3 Å². The number of phenols is 1. The number of ketones is 1. The first-order valence-electron chi connectivity index (χ1n) is 8.16. The molecule has 6 nitrogen and oxygen atoms in total. The number of hydrogen-bond acceptors (Lipinski definition) is 6. The maximum absolute atomic E-state index is 12.4. The van der Waals surface area contributed by atoms with Crippen molar-refractivity contribution in [2.45, 2.75) is 18.9 Å². The van der Waals surface area contributed by atoms with Gasteiger partial charge in [0.05, 0.1) is 11.2 Å². The molecule has 1 N–H and O–H groups in total. The lowest BCUT2D eigenvalue weighted by molar-refractivity contribution is -0.0995. The highest BCUT2D eigenvalue weighted by Gasteiger charge is 2.24. The average molecular weight is 360 g/mol. The molecule has 0 radical (unpaired) electrons. The Morgan fingerprint density at radius 3 is 2.73 bits per heavy atom. The van der Waals surface area contributed by atoms with Crippen LogP contribution < -0.4 is 4.74 Å². The molecule has 0 saturated carbocycles. The quantitative estimate of drug-likeness (QED) is 0.413. The number of phenolic OH excluding ortho intramolecular Hbond substituents is 1. The first kappa shape index (κ1) is 19.9. The highest BCUT2D eigenvalue weighted by molar-refractivity contribution is 6.06. The molecule has 0 spiro atoms. The van der Waals surface area contributed by atoms with E-state index in [-0.39, 0.29) is 30.7 Å². The second-order valence-electron chi connectivity index (χ2n) is 6.07. The van der Waals surface area contributed by atoms with Crippen LogP contribution in [0.1, 0.15) is 23.7 Å². The molecule has 26 heavy (non-hydrogen) atoms. The van der Waals surface area contributed by atoms with Crippen LogP contribution in [-0.2, 0) is 14.2 Å². The average Bonchev–Trinajstić information content (AvgIpc) is 2.63. The second-order valence-corrected chi connectivity index (χ2v) is 6.07. The number of hydrogen-bond donors (Lipinski definition) is 1. The Morgan fingerprint density at radius 2 is 2.04 bits per heavy atom. The van der Waals surface area contributed by atoms with Crippen LogP contribution in [0, 0.1) is 0 Å². The molecule has 1 atom stereocenters. The Morgan fingerprint density at radius 1 is 1.27 bits per heavy atom. The van der Waals surface area contributed by atoms with E-state index in [0.717, 1.165) is 5.57 Å². The van der Waals surface area contributed by atoms with Gasteiger partial charge in [-0.2, -0.15) is 0 Å². The molecule has 2 rings (SSSR count). The van der Waals surface area contributed by atoms with Gasteiger partial charge < -0.3 is 24.1 Å². The predicted octanol–water partition coefficient (Wildman–Crippen LogP) is 3.38. The molecular weight excluding hydrogens is 336 g/mol. The number of carbonyl (C=O) groups excluding carboxylic acids is 1. The summed E-state index contributed by atoms with van der Waals surface area (Å²) in [5.74, 6) is -0.00846. The number of aromatic hydroxyl groups is 1. The normalized spacial score (nSPS) is 19.6. The van der Waals surface area contributed by atoms with Crippen LogP contribution in [0.2, 0.25) is 0 Å². The highest BCUT2D eigenvalue weighted by atomic mass is 16.7. The SMILES string of the molecule is COCOc1ccc(C(=O)/C=C/C2=CC=CC(C)(OCOC)C2)c(O)c1. The van der Waals surface area contributed by atoms with Gasteiger partial charge in [-0.1, -0.05) is 24.3 Å². The number of benzene rings is 1. The van der Waals surface area contributed by atoms with Gasteiger partial charge in [0.25, 0.3) is 0 Å². The third-order valence-electron chi connectivity index (χ3n) is 3.85. The van der Waals surface area contributed by atoms with Crippen molar-refractivity contribution in [3.8, 4) is 11.5 Å². The number of allylic oxidation sites excluding steroid dienone is 4. The lowest BCUT2D eigenvalue weighted by Gasteiger charge is -2.28. The third-order valence-corrected chi connectivity index (χ3v) is 3.85. The maximum Gasteiger partial charge on any atom is 0.189 e. The number of methoxy groups -OCH3 is 2. The summed E-state index contributed by atoms with van der Waals surface area (Å²) in [5, 5.41) is 10.0. The Bertz CT molecular complexity index is 719. The van der Waals surface area contributed by atoms with Crippen LogP contribution >= 0.6 is 0 Å². The minimum atomic E-state index is -0.476. The van der Waals surface area contributed by atoms with Gasteiger partial charge in [0.2, 0.25) is 0 Å². The third kappa shape index (κ3) is 5.56. The van der Waals surface area contributed by atoms with E-state index in [1.165, 1.54) is 25.3 Å². The molecule has 0 aliphatic heterocycles. The summed E-state index contributed by atoms with van der Waals surface area (Å²) in [6.45, 7) is 2.22. The lowest BCUT2D eigenvalue weighted by Crippen LogP contribution is -2.28. The summed E-state index contributed by atoms with van der Waals surface area (Å²) < 4.78 is 20.7. The van der Waals surface area contributed by atoms with Crippen molar-refractivity contribution in [2.24, 2.45) is 0 Å². The summed E-state index contributed by atoms with van der Waals surface area (Å²) in [4.78, 5) is 12.4.